The van der Waals surface area contributed by atoms with Gasteiger partial charge in [0.1, 0.15) is 21.3 Å². The summed E-state index contributed by atoms with van der Waals surface area (Å²) in [7, 11) is -6.04. The molecule has 0 fully saturated rings. The third-order valence-corrected chi connectivity index (χ3v) is 12.3. The van der Waals surface area contributed by atoms with Gasteiger partial charge in [0.05, 0.1) is 21.2 Å². The fourth-order valence-corrected chi connectivity index (χ4v) is 8.60. The smallest absolute Gasteiger partial charge is 0.242 e. The van der Waals surface area contributed by atoms with Crippen LogP contribution >= 0.6 is 23.2 Å². The van der Waals surface area contributed by atoms with Gasteiger partial charge in [-0.25, -0.2) is 26.3 Å². The molecular weight excluding hydrogens is 759 g/mol. The van der Waals surface area contributed by atoms with E-state index in [1.807, 2.05) is 60.7 Å². The van der Waals surface area contributed by atoms with Crippen LogP contribution in [0.2, 0.25) is 10.0 Å². The summed E-state index contributed by atoms with van der Waals surface area (Å²) in [6.07, 6.45) is 0. The van der Waals surface area contributed by atoms with Crippen LogP contribution in [0.4, 0.5) is 0 Å². The van der Waals surface area contributed by atoms with Crippen LogP contribution in [-0.2, 0) is 39.1 Å². The highest BCUT2D eigenvalue weighted by molar-refractivity contribution is 7.90. The van der Waals surface area contributed by atoms with Gasteiger partial charge in [-0.15, -0.1) is 0 Å². The topological polar surface area (TPSA) is 145 Å². The summed E-state index contributed by atoms with van der Waals surface area (Å²) in [5, 5.41) is 0.117. The lowest BCUT2D eigenvalue weighted by molar-refractivity contribution is -0.125. The molecule has 53 heavy (non-hydrogen) atoms. The largest absolute Gasteiger partial charge is 0.478 e. The average molecular weight is 798 g/mol. The molecule has 6 rings (SSSR count). The Morgan fingerprint density at radius 3 is 1.30 bits per heavy atom. The first-order chi connectivity index (χ1) is 24.8. The fourth-order valence-electron chi connectivity index (χ4n) is 5.75. The number of hydrogen-bond acceptors (Lipinski definition) is 8. The van der Waals surface area contributed by atoms with Crippen molar-refractivity contribution in [1.82, 2.24) is 9.44 Å². The summed E-state index contributed by atoms with van der Waals surface area (Å²) in [6.45, 7) is 8.76. The molecule has 0 aliphatic carbocycles. The maximum Gasteiger partial charge on any atom is 0.242 e. The highest BCUT2D eigenvalue weighted by atomic mass is 35.5. The molecule has 0 saturated heterocycles. The van der Waals surface area contributed by atoms with Gasteiger partial charge in [-0.2, -0.15) is 0 Å². The Hall–Kier alpha value is -4.30. The molecule has 0 radical (unpaired) electrons. The van der Waals surface area contributed by atoms with Gasteiger partial charge in [0.15, 0.2) is 11.2 Å². The molecule has 2 aliphatic heterocycles. The number of benzene rings is 4. The van der Waals surface area contributed by atoms with Crippen molar-refractivity contribution in [2.24, 2.45) is 0 Å². The van der Waals surface area contributed by atoms with Crippen molar-refractivity contribution in [3.05, 3.63) is 129 Å². The van der Waals surface area contributed by atoms with Crippen molar-refractivity contribution in [2.45, 2.75) is 55.6 Å². The highest BCUT2D eigenvalue weighted by Gasteiger charge is 2.44. The highest BCUT2D eigenvalue weighted by Crippen LogP contribution is 2.43. The quantitative estimate of drug-likeness (QED) is 0.179. The second-order valence-electron chi connectivity index (χ2n) is 13.0. The molecule has 14 heteroatoms. The summed E-state index contributed by atoms with van der Waals surface area (Å²) >= 11 is 12.4. The molecule has 2 heterocycles. The first kappa shape index (κ1) is 39.9. The van der Waals surface area contributed by atoms with Gasteiger partial charge in [-0.3, -0.25) is 9.59 Å². The molecule has 0 atom stereocenters. The molecule has 2 N–H and O–H groups in total. The number of nitrogens with one attached hydrogen (secondary N) is 2. The maximum atomic E-state index is 12.9. The third-order valence-electron chi connectivity index (χ3n) is 8.41. The SMILES string of the molecule is CCNS(=O)(=O)c1ccc(C2=C(c3ccccc3)C(=O)C(C)(C)O2)cc1Cl.CNS(=O)(=O)c1ccc(C2=C(c3ccccc3)C(=O)C(C)(C)O2)cc1Cl. The Balaban J connectivity index is 0.000000204. The molecule has 2 aliphatic rings. The van der Waals surface area contributed by atoms with Gasteiger partial charge in [-0.05, 0) is 82.3 Å². The second-order valence-corrected chi connectivity index (χ2v) is 17.4. The number of ether oxygens (including phenoxy) is 2. The number of hydrogen-bond donors (Lipinski definition) is 2. The predicted molar refractivity (Wildman–Crippen MR) is 207 cm³/mol. The predicted octanol–water partition coefficient (Wildman–Crippen LogP) is 7.38. The Bertz CT molecular complexity index is 2370. The maximum absolute atomic E-state index is 12.9. The molecule has 0 aromatic heterocycles. The van der Waals surface area contributed by atoms with E-state index in [2.05, 4.69) is 9.44 Å². The van der Waals surface area contributed by atoms with Gasteiger partial charge in [0, 0.05) is 17.7 Å². The molecule has 0 spiro atoms. The van der Waals surface area contributed by atoms with Crippen LogP contribution in [-0.4, -0.2) is 53.2 Å². The minimum Gasteiger partial charge on any atom is -0.478 e. The van der Waals surface area contributed by atoms with Crippen molar-refractivity contribution in [2.75, 3.05) is 13.6 Å². The number of carbonyl (C=O) groups excluding carboxylic acids is 2. The van der Waals surface area contributed by atoms with E-state index in [4.69, 9.17) is 32.7 Å². The van der Waals surface area contributed by atoms with Crippen LogP contribution in [0.5, 0.6) is 0 Å². The fraction of sp³-hybridized carbons (Fsp3) is 0.231. The van der Waals surface area contributed by atoms with E-state index in [1.54, 1.807) is 46.8 Å². The number of Topliss-reactive ketones (excluding diaryl/α,β-unsaturated/α-hetero) is 2. The number of halogens is 2. The van der Waals surface area contributed by atoms with Crippen molar-refractivity contribution >= 4 is 77.5 Å². The minimum absolute atomic E-state index is 0.0137. The summed E-state index contributed by atoms with van der Waals surface area (Å²) in [4.78, 5) is 25.7. The summed E-state index contributed by atoms with van der Waals surface area (Å²) in [6, 6.07) is 27.5. The first-order valence-electron chi connectivity index (χ1n) is 16.4. The third kappa shape index (κ3) is 8.13. The lowest BCUT2D eigenvalue weighted by Gasteiger charge is -2.18. The molecule has 10 nitrogen and oxygen atoms in total. The number of sulfonamides is 2. The monoisotopic (exact) mass is 796 g/mol. The van der Waals surface area contributed by atoms with Crippen molar-refractivity contribution in [1.29, 1.82) is 0 Å². The molecule has 0 bridgehead atoms. The van der Waals surface area contributed by atoms with Crippen LogP contribution < -0.4 is 9.44 Å². The van der Waals surface area contributed by atoms with Gasteiger partial charge < -0.3 is 9.47 Å². The summed E-state index contributed by atoms with van der Waals surface area (Å²) in [5.74, 6) is 0.512. The van der Waals surface area contributed by atoms with Crippen LogP contribution in [0.25, 0.3) is 22.7 Å². The molecule has 0 saturated carbocycles. The van der Waals surface area contributed by atoms with Crippen LogP contribution in [0, 0.1) is 0 Å². The number of carbonyl (C=O) groups is 2. The molecular formula is C39H38Cl2N2O8S2. The minimum atomic E-state index is -3.69. The van der Waals surface area contributed by atoms with E-state index in [0.717, 1.165) is 11.1 Å². The Morgan fingerprint density at radius 1 is 0.585 bits per heavy atom. The van der Waals surface area contributed by atoms with Crippen molar-refractivity contribution in [3.8, 4) is 0 Å². The number of ketones is 2. The molecule has 0 unspecified atom stereocenters. The van der Waals surface area contributed by atoms with E-state index < -0.39 is 31.2 Å². The Kier molecular flexibility index (Phi) is 11.5. The van der Waals surface area contributed by atoms with E-state index >= 15 is 0 Å². The van der Waals surface area contributed by atoms with E-state index in [0.29, 0.717) is 33.8 Å². The number of rotatable bonds is 9. The van der Waals surface area contributed by atoms with E-state index in [-0.39, 0.29) is 37.9 Å². The summed E-state index contributed by atoms with van der Waals surface area (Å²) < 4.78 is 65.0. The van der Waals surface area contributed by atoms with Crippen LogP contribution in [0.15, 0.2) is 107 Å². The average Bonchev–Trinajstić information content (AvgIpc) is 3.51. The van der Waals surface area contributed by atoms with Crippen molar-refractivity contribution in [3.63, 3.8) is 0 Å². The van der Waals surface area contributed by atoms with Gasteiger partial charge in [0.2, 0.25) is 31.6 Å². The van der Waals surface area contributed by atoms with Gasteiger partial charge in [-0.1, -0.05) is 90.8 Å². The standard InChI is InChI=1S/C20H20ClNO4S.C19H18ClNO4S/c1-4-22-27(24,25)16-11-10-14(12-15(16)21)18-17(13-8-6-5-7-9-13)19(23)20(2,3)26-18;1-19(2)18(22)16(12-7-5-4-6-8-12)17(25-19)13-9-10-15(14(20)11-13)26(23,24)21-3/h5-12,22H,4H2,1-3H3;4-11,21H,1-3H3. The van der Waals surface area contributed by atoms with Gasteiger partial charge in [0.25, 0.3) is 0 Å². The van der Waals surface area contributed by atoms with Crippen molar-refractivity contribution < 1.29 is 35.9 Å². The van der Waals surface area contributed by atoms with Crippen LogP contribution in [0.1, 0.15) is 56.9 Å². The Labute approximate surface area is 319 Å². The zero-order valence-corrected chi connectivity index (χ0v) is 32.9. The zero-order chi connectivity index (χ0) is 38.9. The first-order valence-corrected chi connectivity index (χ1v) is 20.2. The lowest BCUT2D eigenvalue weighted by Crippen LogP contribution is -2.29. The van der Waals surface area contributed by atoms with E-state index in [9.17, 15) is 26.4 Å². The summed E-state index contributed by atoms with van der Waals surface area (Å²) in [5.41, 5.74) is 1.46. The molecule has 0 amide bonds. The second kappa shape index (κ2) is 15.2. The van der Waals surface area contributed by atoms with Crippen LogP contribution in [0.3, 0.4) is 0 Å². The molecule has 4 aromatic carbocycles. The zero-order valence-electron chi connectivity index (χ0n) is 29.8. The lowest BCUT2D eigenvalue weighted by atomic mass is 9.93. The molecule has 278 valence electrons. The molecule has 4 aromatic rings. The normalized spacial score (nSPS) is 16.6. The van der Waals surface area contributed by atoms with Gasteiger partial charge >= 0.3 is 0 Å². The Morgan fingerprint density at radius 2 is 0.962 bits per heavy atom. The van der Waals surface area contributed by atoms with E-state index in [1.165, 1.54) is 31.3 Å².